The first-order valence-electron chi connectivity index (χ1n) is 5.72. The van der Waals surface area contributed by atoms with Crippen LogP contribution in [0.4, 0.5) is 0 Å². The maximum absolute atomic E-state index is 6.15. The summed E-state index contributed by atoms with van der Waals surface area (Å²) in [5, 5.41) is 0. The molecule has 4 heteroatoms. The minimum Gasteiger partial charge on any atom is -0.321 e. The lowest BCUT2D eigenvalue weighted by Gasteiger charge is -2.07. The summed E-state index contributed by atoms with van der Waals surface area (Å²) in [5.41, 5.74) is 8.22. The van der Waals surface area contributed by atoms with Gasteiger partial charge in [-0.1, -0.05) is 13.8 Å². The van der Waals surface area contributed by atoms with E-state index in [1.807, 2.05) is 16.8 Å². The van der Waals surface area contributed by atoms with Gasteiger partial charge in [0, 0.05) is 29.7 Å². The van der Waals surface area contributed by atoms with E-state index in [0.717, 1.165) is 29.9 Å². The molecule has 2 aromatic rings. The third-order valence-corrected chi connectivity index (χ3v) is 3.28. The highest BCUT2D eigenvalue weighted by atomic mass is 15.1. The SMILES string of the molecule is CC(C)c1cn2cc(C3(N)CC3)cnc2n1. The molecule has 0 aromatic carbocycles. The minimum atomic E-state index is -0.122. The number of aromatic nitrogens is 3. The van der Waals surface area contributed by atoms with Gasteiger partial charge in [-0.05, 0) is 18.8 Å². The largest absolute Gasteiger partial charge is 0.321 e. The van der Waals surface area contributed by atoms with E-state index in [1.165, 1.54) is 0 Å². The second-order valence-electron chi connectivity index (χ2n) is 5.03. The molecule has 0 saturated heterocycles. The number of fused-ring (bicyclic) bond motifs is 1. The molecular weight excluding hydrogens is 200 g/mol. The number of hydrogen-bond donors (Lipinski definition) is 1. The molecule has 2 heterocycles. The molecule has 0 atom stereocenters. The van der Waals surface area contributed by atoms with Crippen molar-refractivity contribution in [1.82, 2.24) is 14.4 Å². The third kappa shape index (κ3) is 1.41. The lowest BCUT2D eigenvalue weighted by molar-refractivity contribution is 0.726. The summed E-state index contributed by atoms with van der Waals surface area (Å²) < 4.78 is 1.98. The van der Waals surface area contributed by atoms with Crippen molar-refractivity contribution in [3.63, 3.8) is 0 Å². The van der Waals surface area contributed by atoms with Gasteiger partial charge in [-0.15, -0.1) is 0 Å². The average Bonchev–Trinajstić information content (AvgIpc) is 2.86. The van der Waals surface area contributed by atoms with Crippen LogP contribution in [-0.4, -0.2) is 14.4 Å². The number of hydrogen-bond acceptors (Lipinski definition) is 3. The van der Waals surface area contributed by atoms with Crippen LogP contribution in [0.25, 0.3) is 5.78 Å². The molecule has 4 nitrogen and oxygen atoms in total. The average molecular weight is 216 g/mol. The maximum atomic E-state index is 6.15. The van der Waals surface area contributed by atoms with Crippen molar-refractivity contribution in [2.75, 3.05) is 0 Å². The first-order chi connectivity index (χ1) is 7.58. The Morgan fingerprint density at radius 2 is 2.12 bits per heavy atom. The fraction of sp³-hybridized carbons (Fsp3) is 0.500. The predicted molar refractivity (Wildman–Crippen MR) is 62.2 cm³/mol. The second-order valence-corrected chi connectivity index (χ2v) is 5.03. The summed E-state index contributed by atoms with van der Waals surface area (Å²) in [7, 11) is 0. The van der Waals surface area contributed by atoms with Crippen LogP contribution in [0.1, 0.15) is 43.9 Å². The van der Waals surface area contributed by atoms with E-state index in [0.29, 0.717) is 5.92 Å². The third-order valence-electron chi connectivity index (χ3n) is 3.28. The molecule has 16 heavy (non-hydrogen) atoms. The predicted octanol–water partition coefficient (Wildman–Crippen LogP) is 1.80. The van der Waals surface area contributed by atoms with E-state index < -0.39 is 0 Å². The maximum Gasteiger partial charge on any atom is 0.233 e. The molecule has 0 spiro atoms. The standard InChI is InChI=1S/C12H16N4/c1-8(2)10-7-16-6-9(12(13)3-4-12)5-14-11(16)15-10/h5-8H,3-4,13H2,1-2H3. The van der Waals surface area contributed by atoms with E-state index in [1.54, 1.807) is 0 Å². The molecule has 1 aliphatic rings. The van der Waals surface area contributed by atoms with Gasteiger partial charge in [0.05, 0.1) is 5.69 Å². The van der Waals surface area contributed by atoms with Gasteiger partial charge in [-0.2, -0.15) is 0 Å². The Balaban J connectivity index is 2.10. The van der Waals surface area contributed by atoms with E-state index in [-0.39, 0.29) is 5.54 Å². The van der Waals surface area contributed by atoms with Crippen molar-refractivity contribution < 1.29 is 0 Å². The zero-order valence-electron chi connectivity index (χ0n) is 9.64. The molecule has 1 fully saturated rings. The van der Waals surface area contributed by atoms with Crippen LogP contribution in [0.5, 0.6) is 0 Å². The molecule has 0 unspecified atom stereocenters. The summed E-state index contributed by atoms with van der Waals surface area (Å²) >= 11 is 0. The first kappa shape index (κ1) is 9.78. The Morgan fingerprint density at radius 1 is 1.38 bits per heavy atom. The van der Waals surface area contributed by atoms with Crippen LogP contribution in [0.2, 0.25) is 0 Å². The van der Waals surface area contributed by atoms with Gasteiger partial charge in [-0.25, -0.2) is 9.97 Å². The Hall–Kier alpha value is -1.42. The molecule has 1 saturated carbocycles. The fourth-order valence-corrected chi connectivity index (χ4v) is 1.86. The van der Waals surface area contributed by atoms with Gasteiger partial charge in [0.15, 0.2) is 0 Å². The van der Waals surface area contributed by atoms with E-state index in [4.69, 9.17) is 5.73 Å². The van der Waals surface area contributed by atoms with Crippen molar-refractivity contribution in [3.05, 3.63) is 29.8 Å². The first-order valence-corrected chi connectivity index (χ1v) is 5.72. The van der Waals surface area contributed by atoms with Gasteiger partial charge in [0.2, 0.25) is 5.78 Å². The quantitative estimate of drug-likeness (QED) is 0.832. The van der Waals surface area contributed by atoms with Crippen LogP contribution in [0, 0.1) is 0 Å². The van der Waals surface area contributed by atoms with E-state index >= 15 is 0 Å². The Morgan fingerprint density at radius 3 is 2.75 bits per heavy atom. The monoisotopic (exact) mass is 216 g/mol. The highest BCUT2D eigenvalue weighted by Crippen LogP contribution is 2.42. The summed E-state index contributed by atoms with van der Waals surface area (Å²) in [6, 6.07) is 0. The van der Waals surface area contributed by atoms with Crippen molar-refractivity contribution in [2.24, 2.45) is 5.73 Å². The highest BCUT2D eigenvalue weighted by molar-refractivity contribution is 5.36. The normalized spacial score (nSPS) is 18.2. The number of nitrogens with zero attached hydrogens (tertiary/aromatic N) is 3. The van der Waals surface area contributed by atoms with Crippen molar-refractivity contribution in [3.8, 4) is 0 Å². The van der Waals surface area contributed by atoms with Crippen LogP contribution in [0.15, 0.2) is 18.6 Å². The Labute approximate surface area is 94.5 Å². The molecule has 2 N–H and O–H groups in total. The summed E-state index contributed by atoms with van der Waals surface area (Å²) in [6.07, 6.45) is 8.09. The molecule has 0 radical (unpaired) electrons. The number of nitrogens with two attached hydrogens (primary N) is 1. The van der Waals surface area contributed by atoms with Gasteiger partial charge in [0.1, 0.15) is 0 Å². The topological polar surface area (TPSA) is 56.2 Å². The molecule has 0 aliphatic heterocycles. The zero-order chi connectivity index (χ0) is 11.3. The highest BCUT2D eigenvalue weighted by Gasteiger charge is 2.40. The Kier molecular flexibility index (Phi) is 1.86. The molecule has 84 valence electrons. The molecule has 0 bridgehead atoms. The lowest BCUT2D eigenvalue weighted by atomic mass is 10.1. The lowest BCUT2D eigenvalue weighted by Crippen LogP contribution is -2.19. The number of imidazole rings is 1. The van der Waals surface area contributed by atoms with Crippen molar-refractivity contribution >= 4 is 5.78 Å². The molecule has 3 rings (SSSR count). The molecule has 2 aromatic heterocycles. The van der Waals surface area contributed by atoms with Crippen LogP contribution < -0.4 is 5.73 Å². The Bertz CT molecular complexity index is 537. The molecule has 0 amide bonds. The van der Waals surface area contributed by atoms with Crippen LogP contribution >= 0.6 is 0 Å². The summed E-state index contributed by atoms with van der Waals surface area (Å²) in [6.45, 7) is 4.27. The minimum absolute atomic E-state index is 0.122. The van der Waals surface area contributed by atoms with Gasteiger partial charge in [-0.3, -0.25) is 4.40 Å². The molecule has 1 aliphatic carbocycles. The van der Waals surface area contributed by atoms with Gasteiger partial charge >= 0.3 is 0 Å². The summed E-state index contributed by atoms with van der Waals surface area (Å²) in [4.78, 5) is 8.83. The van der Waals surface area contributed by atoms with Gasteiger partial charge in [0.25, 0.3) is 0 Å². The second kappa shape index (κ2) is 3.04. The fourth-order valence-electron chi connectivity index (χ4n) is 1.86. The summed E-state index contributed by atoms with van der Waals surface area (Å²) in [5.74, 6) is 1.19. The van der Waals surface area contributed by atoms with Gasteiger partial charge < -0.3 is 5.73 Å². The van der Waals surface area contributed by atoms with E-state index in [2.05, 4.69) is 30.0 Å². The van der Waals surface area contributed by atoms with Crippen LogP contribution in [-0.2, 0) is 5.54 Å². The zero-order valence-corrected chi connectivity index (χ0v) is 9.64. The van der Waals surface area contributed by atoms with Crippen LogP contribution in [0.3, 0.4) is 0 Å². The number of rotatable bonds is 2. The van der Waals surface area contributed by atoms with Crippen molar-refractivity contribution in [2.45, 2.75) is 38.1 Å². The molecular formula is C12H16N4. The smallest absolute Gasteiger partial charge is 0.233 e. The van der Waals surface area contributed by atoms with E-state index in [9.17, 15) is 0 Å². The van der Waals surface area contributed by atoms with Crippen molar-refractivity contribution in [1.29, 1.82) is 0 Å².